The van der Waals surface area contributed by atoms with Crippen LogP contribution in [0.4, 0.5) is 0 Å². The second kappa shape index (κ2) is 11.1. The Labute approximate surface area is 162 Å². The van der Waals surface area contributed by atoms with E-state index in [1.54, 1.807) is 9.91 Å². The first-order valence-electron chi connectivity index (χ1n) is 9.30. The highest BCUT2D eigenvalue weighted by molar-refractivity contribution is 6.02. The molecule has 1 aliphatic carbocycles. The van der Waals surface area contributed by atoms with Crippen LogP contribution in [0.5, 0.6) is 0 Å². The monoisotopic (exact) mass is 372 g/mol. The summed E-state index contributed by atoms with van der Waals surface area (Å²) < 4.78 is 0. The van der Waals surface area contributed by atoms with Gasteiger partial charge >= 0.3 is 0 Å². The van der Waals surface area contributed by atoms with Crippen molar-refractivity contribution >= 4 is 18.1 Å². The minimum absolute atomic E-state index is 0.0498. The molecule has 1 aliphatic heterocycles. The molecule has 0 saturated heterocycles. The summed E-state index contributed by atoms with van der Waals surface area (Å²) in [7, 11) is 0. The normalized spacial score (nSPS) is 21.1. The van der Waals surface area contributed by atoms with Gasteiger partial charge in [-0.1, -0.05) is 43.7 Å². The molecule has 0 aromatic carbocycles. The van der Waals surface area contributed by atoms with Crippen LogP contribution in [0.3, 0.4) is 0 Å². The molecule has 1 atom stereocenters. The lowest BCUT2D eigenvalue weighted by molar-refractivity contribution is -0.128. The molecule has 7 nitrogen and oxygen atoms in total. The maximum absolute atomic E-state index is 12.7. The predicted octanol–water partition coefficient (Wildman–Crippen LogP) is 2.50. The fourth-order valence-electron chi connectivity index (χ4n) is 2.80. The Morgan fingerprint density at radius 2 is 2.15 bits per heavy atom. The lowest BCUT2D eigenvalue weighted by Gasteiger charge is -2.34. The highest BCUT2D eigenvalue weighted by atomic mass is 16.2. The summed E-state index contributed by atoms with van der Waals surface area (Å²) >= 11 is 0. The van der Waals surface area contributed by atoms with Gasteiger partial charge in [-0.3, -0.25) is 14.7 Å². The SMILES string of the molecule is C/C=C\C=C(/C)CN1CC(=O)N(C2=CCC(N)C=C2N=CN)C(C)=N1.CC. The van der Waals surface area contributed by atoms with Gasteiger partial charge in [-0.2, -0.15) is 5.10 Å². The van der Waals surface area contributed by atoms with E-state index in [1.165, 1.54) is 6.34 Å². The van der Waals surface area contributed by atoms with Crippen molar-refractivity contribution in [2.75, 3.05) is 13.1 Å². The molecule has 1 heterocycles. The first kappa shape index (κ1) is 22.4. The van der Waals surface area contributed by atoms with Gasteiger partial charge in [0, 0.05) is 6.04 Å². The van der Waals surface area contributed by atoms with E-state index in [9.17, 15) is 4.79 Å². The summed E-state index contributed by atoms with van der Waals surface area (Å²) in [4.78, 5) is 18.5. The van der Waals surface area contributed by atoms with Crippen molar-refractivity contribution in [3.8, 4) is 0 Å². The summed E-state index contributed by atoms with van der Waals surface area (Å²) in [5.74, 6) is 0.557. The molecule has 0 spiro atoms. The molecular weight excluding hydrogens is 340 g/mol. The van der Waals surface area contributed by atoms with E-state index in [-0.39, 0.29) is 18.5 Å². The average molecular weight is 373 g/mol. The molecule has 2 rings (SSSR count). The number of hydrogen-bond donors (Lipinski definition) is 2. The second-order valence-corrected chi connectivity index (χ2v) is 6.06. The summed E-state index contributed by atoms with van der Waals surface area (Å²) in [5, 5.41) is 6.33. The number of hydrazone groups is 1. The van der Waals surface area contributed by atoms with Gasteiger partial charge in [-0.05, 0) is 33.3 Å². The second-order valence-electron chi connectivity index (χ2n) is 6.06. The molecule has 4 N–H and O–H groups in total. The zero-order chi connectivity index (χ0) is 20.4. The van der Waals surface area contributed by atoms with Gasteiger partial charge in [0.25, 0.3) is 5.91 Å². The molecule has 0 aromatic heterocycles. The van der Waals surface area contributed by atoms with Crippen molar-refractivity contribution in [1.82, 2.24) is 9.91 Å². The molecule has 27 heavy (non-hydrogen) atoms. The number of amidine groups is 1. The van der Waals surface area contributed by atoms with Crippen LogP contribution in [-0.4, -0.2) is 47.1 Å². The topological polar surface area (TPSA) is 100 Å². The van der Waals surface area contributed by atoms with E-state index < -0.39 is 0 Å². The highest BCUT2D eigenvalue weighted by Crippen LogP contribution is 2.25. The largest absolute Gasteiger partial charge is 0.390 e. The molecule has 0 radical (unpaired) electrons. The van der Waals surface area contributed by atoms with Gasteiger partial charge < -0.3 is 11.5 Å². The molecule has 0 saturated carbocycles. The maximum Gasteiger partial charge on any atom is 0.253 e. The number of carbonyl (C=O) groups excluding carboxylic acids is 1. The fourth-order valence-corrected chi connectivity index (χ4v) is 2.80. The number of nitrogens with two attached hydrogens (primary N) is 2. The third-order valence-electron chi connectivity index (χ3n) is 3.85. The summed E-state index contributed by atoms with van der Waals surface area (Å²) in [6.07, 6.45) is 11.5. The number of nitrogens with zero attached hydrogens (tertiary/aromatic N) is 4. The van der Waals surface area contributed by atoms with E-state index in [1.807, 2.05) is 65.0 Å². The van der Waals surface area contributed by atoms with Crippen LogP contribution >= 0.6 is 0 Å². The van der Waals surface area contributed by atoms with Crippen LogP contribution in [0.15, 0.2) is 57.4 Å². The molecule has 7 heteroatoms. The zero-order valence-electron chi connectivity index (χ0n) is 17.0. The lowest BCUT2D eigenvalue weighted by atomic mass is 10.0. The standard InChI is InChI=1S/C18H26N6O.C2H6/c1-4-5-6-13(2)10-23-11-18(25)24(14(3)22-23)17-8-7-15(20)9-16(17)21-12-19;1-2/h4-6,8-9,12,15H,7,10-11,20H2,1-3H3,(H2,19,21);1-2H3/b5-4-,13-6+;. The Kier molecular flexibility index (Phi) is 9.22. The highest BCUT2D eigenvalue weighted by Gasteiger charge is 2.30. The molecular formula is C20H32N6O. The van der Waals surface area contributed by atoms with Gasteiger partial charge in [-0.25, -0.2) is 4.99 Å². The van der Waals surface area contributed by atoms with Crippen molar-refractivity contribution in [2.45, 2.75) is 47.1 Å². The van der Waals surface area contributed by atoms with E-state index in [4.69, 9.17) is 11.5 Å². The minimum atomic E-state index is -0.129. The average Bonchev–Trinajstić information content (AvgIpc) is 2.63. The van der Waals surface area contributed by atoms with Crippen molar-refractivity contribution in [3.63, 3.8) is 0 Å². The van der Waals surface area contributed by atoms with Crippen LogP contribution in [0.1, 0.15) is 41.0 Å². The van der Waals surface area contributed by atoms with Crippen molar-refractivity contribution in [3.05, 3.63) is 47.3 Å². The number of amides is 1. The predicted molar refractivity (Wildman–Crippen MR) is 113 cm³/mol. The number of aliphatic imine (C=N–C) groups is 1. The van der Waals surface area contributed by atoms with E-state index in [0.29, 0.717) is 30.2 Å². The van der Waals surface area contributed by atoms with Crippen molar-refractivity contribution in [2.24, 2.45) is 21.6 Å². The van der Waals surface area contributed by atoms with Gasteiger partial charge in [0.15, 0.2) is 0 Å². The molecule has 0 fully saturated rings. The first-order chi connectivity index (χ1) is 13.0. The molecule has 2 aliphatic rings. The lowest BCUT2D eigenvalue weighted by Crippen LogP contribution is -2.47. The summed E-state index contributed by atoms with van der Waals surface area (Å²) in [6.45, 7) is 10.6. The van der Waals surface area contributed by atoms with Gasteiger partial charge in [0.1, 0.15) is 12.4 Å². The Morgan fingerprint density at radius 1 is 1.44 bits per heavy atom. The quantitative estimate of drug-likeness (QED) is 0.440. The minimum Gasteiger partial charge on any atom is -0.390 e. The summed E-state index contributed by atoms with van der Waals surface area (Å²) in [5.41, 5.74) is 13.8. The molecule has 1 unspecified atom stereocenters. The van der Waals surface area contributed by atoms with E-state index >= 15 is 0 Å². The fraction of sp³-hybridized carbons (Fsp3) is 0.450. The van der Waals surface area contributed by atoms with Gasteiger partial charge in [0.2, 0.25) is 0 Å². The van der Waals surface area contributed by atoms with Crippen LogP contribution < -0.4 is 11.5 Å². The molecule has 148 valence electrons. The molecule has 1 amide bonds. The smallest absolute Gasteiger partial charge is 0.253 e. The van der Waals surface area contributed by atoms with Gasteiger partial charge in [0.05, 0.1) is 24.3 Å². The first-order valence-corrected chi connectivity index (χ1v) is 9.30. The molecule has 0 aromatic rings. The van der Waals surface area contributed by atoms with Crippen molar-refractivity contribution < 1.29 is 4.79 Å². The Balaban J connectivity index is 0.00000176. The van der Waals surface area contributed by atoms with E-state index in [2.05, 4.69) is 10.1 Å². The van der Waals surface area contributed by atoms with E-state index in [0.717, 1.165) is 5.57 Å². The Morgan fingerprint density at radius 3 is 2.74 bits per heavy atom. The number of allylic oxidation sites excluding steroid dienone is 3. The Bertz CT molecular complexity index is 699. The number of rotatable bonds is 5. The maximum atomic E-state index is 12.7. The van der Waals surface area contributed by atoms with Crippen LogP contribution in [0, 0.1) is 0 Å². The number of carbonyl (C=O) groups is 1. The third-order valence-corrected chi connectivity index (χ3v) is 3.85. The van der Waals surface area contributed by atoms with Gasteiger partial charge in [-0.15, -0.1) is 0 Å². The van der Waals surface area contributed by atoms with Crippen LogP contribution in [0.25, 0.3) is 0 Å². The van der Waals surface area contributed by atoms with Crippen molar-refractivity contribution in [1.29, 1.82) is 0 Å². The Hall–Kier alpha value is -2.67. The third kappa shape index (κ3) is 6.21. The number of hydrogen-bond acceptors (Lipinski definition) is 5. The molecule has 0 bridgehead atoms. The summed E-state index contributed by atoms with van der Waals surface area (Å²) in [6, 6.07) is -0.129. The van der Waals surface area contributed by atoms with Crippen LogP contribution in [-0.2, 0) is 4.79 Å². The zero-order valence-corrected chi connectivity index (χ0v) is 17.0. The van der Waals surface area contributed by atoms with Crippen LogP contribution in [0.2, 0.25) is 0 Å².